The molecule has 0 unspecified atom stereocenters. The zero-order valence-corrected chi connectivity index (χ0v) is 12.6. The van der Waals surface area contributed by atoms with Crippen LogP contribution in [-0.2, 0) is 6.42 Å². The van der Waals surface area contributed by atoms with E-state index in [1.54, 1.807) is 0 Å². The smallest absolute Gasteiger partial charge is 0.137 e. The summed E-state index contributed by atoms with van der Waals surface area (Å²) in [6, 6.07) is 4.00. The second-order valence-electron chi connectivity index (χ2n) is 3.55. The SMILES string of the molecule is CCOc1cc(OCC)c(CCCCl)cc1Br. The van der Waals surface area contributed by atoms with E-state index in [4.69, 9.17) is 21.1 Å². The number of halogens is 2. The highest BCUT2D eigenvalue weighted by Gasteiger charge is 2.10. The van der Waals surface area contributed by atoms with Gasteiger partial charge in [0.2, 0.25) is 0 Å². The van der Waals surface area contributed by atoms with Gasteiger partial charge >= 0.3 is 0 Å². The molecular formula is C13H18BrClO2. The van der Waals surface area contributed by atoms with Crippen LogP contribution in [0.1, 0.15) is 25.8 Å². The summed E-state index contributed by atoms with van der Waals surface area (Å²) in [5.41, 5.74) is 1.17. The summed E-state index contributed by atoms with van der Waals surface area (Å²) < 4.78 is 12.1. The first-order valence-corrected chi connectivity index (χ1v) is 7.19. The molecule has 0 heterocycles. The van der Waals surface area contributed by atoms with Gasteiger partial charge in [0.15, 0.2) is 0 Å². The molecule has 1 aromatic carbocycles. The van der Waals surface area contributed by atoms with E-state index in [0.717, 1.165) is 28.8 Å². The molecule has 0 atom stereocenters. The van der Waals surface area contributed by atoms with Crippen molar-refractivity contribution in [3.05, 3.63) is 22.2 Å². The molecule has 2 nitrogen and oxygen atoms in total. The number of alkyl halides is 1. The maximum atomic E-state index is 5.72. The van der Waals surface area contributed by atoms with Crippen LogP contribution in [0.25, 0.3) is 0 Å². The van der Waals surface area contributed by atoms with Gasteiger partial charge in [0, 0.05) is 11.9 Å². The lowest BCUT2D eigenvalue weighted by atomic mass is 10.1. The van der Waals surface area contributed by atoms with Gasteiger partial charge in [-0.25, -0.2) is 0 Å². The maximum Gasteiger partial charge on any atom is 0.137 e. The summed E-state index contributed by atoms with van der Waals surface area (Å²) in [5.74, 6) is 2.38. The van der Waals surface area contributed by atoms with E-state index in [-0.39, 0.29) is 0 Å². The lowest BCUT2D eigenvalue weighted by Crippen LogP contribution is -2.00. The molecule has 0 N–H and O–H groups in total. The Labute approximate surface area is 116 Å². The summed E-state index contributed by atoms with van der Waals surface area (Å²) in [4.78, 5) is 0. The Morgan fingerprint density at radius 1 is 1.12 bits per heavy atom. The Balaban J connectivity index is 2.97. The Morgan fingerprint density at radius 2 is 1.76 bits per heavy atom. The monoisotopic (exact) mass is 320 g/mol. The van der Waals surface area contributed by atoms with Crippen LogP contribution in [0.4, 0.5) is 0 Å². The lowest BCUT2D eigenvalue weighted by molar-refractivity contribution is 0.319. The van der Waals surface area contributed by atoms with Crippen LogP contribution < -0.4 is 9.47 Å². The molecule has 96 valence electrons. The fourth-order valence-electron chi connectivity index (χ4n) is 1.58. The van der Waals surface area contributed by atoms with Gasteiger partial charge in [-0.15, -0.1) is 11.6 Å². The molecule has 0 fully saturated rings. The highest BCUT2D eigenvalue weighted by molar-refractivity contribution is 9.10. The molecule has 1 rings (SSSR count). The first kappa shape index (κ1) is 14.7. The molecular weight excluding hydrogens is 303 g/mol. The molecule has 1 aromatic rings. The third kappa shape index (κ3) is 4.40. The number of hydrogen-bond donors (Lipinski definition) is 0. The van der Waals surface area contributed by atoms with Crippen molar-refractivity contribution in [2.75, 3.05) is 19.1 Å². The molecule has 4 heteroatoms. The van der Waals surface area contributed by atoms with Crippen LogP contribution in [0.3, 0.4) is 0 Å². The summed E-state index contributed by atoms with van der Waals surface area (Å²) in [6.07, 6.45) is 1.87. The molecule has 0 saturated carbocycles. The average Bonchev–Trinajstić information content (AvgIpc) is 2.32. The second kappa shape index (κ2) is 7.83. The zero-order valence-electron chi connectivity index (χ0n) is 10.3. The molecule has 0 aromatic heterocycles. The van der Waals surface area contributed by atoms with Crippen molar-refractivity contribution >= 4 is 27.5 Å². The topological polar surface area (TPSA) is 18.5 Å². The summed E-state index contributed by atoms with van der Waals surface area (Å²) in [6.45, 7) is 5.24. The number of rotatable bonds is 7. The van der Waals surface area contributed by atoms with Crippen molar-refractivity contribution in [3.63, 3.8) is 0 Å². The van der Waals surface area contributed by atoms with E-state index < -0.39 is 0 Å². The Kier molecular flexibility index (Phi) is 6.75. The van der Waals surface area contributed by atoms with Crippen molar-refractivity contribution in [2.45, 2.75) is 26.7 Å². The summed E-state index contributed by atoms with van der Waals surface area (Å²) in [7, 11) is 0. The van der Waals surface area contributed by atoms with Crippen molar-refractivity contribution in [3.8, 4) is 11.5 Å². The zero-order chi connectivity index (χ0) is 12.7. The van der Waals surface area contributed by atoms with Crippen LogP contribution in [0.5, 0.6) is 11.5 Å². The maximum absolute atomic E-state index is 5.72. The third-order valence-electron chi connectivity index (χ3n) is 2.29. The van der Waals surface area contributed by atoms with Gasteiger partial charge in [-0.3, -0.25) is 0 Å². The molecule has 17 heavy (non-hydrogen) atoms. The third-order valence-corrected chi connectivity index (χ3v) is 3.18. The second-order valence-corrected chi connectivity index (χ2v) is 4.78. The predicted octanol–water partition coefficient (Wildman–Crippen LogP) is 4.42. The van der Waals surface area contributed by atoms with Gasteiger partial charge in [0.1, 0.15) is 11.5 Å². The minimum atomic E-state index is 0.644. The van der Waals surface area contributed by atoms with Gasteiger partial charge < -0.3 is 9.47 Å². The Morgan fingerprint density at radius 3 is 2.35 bits per heavy atom. The first-order chi connectivity index (χ1) is 8.22. The van der Waals surface area contributed by atoms with Crippen molar-refractivity contribution in [1.29, 1.82) is 0 Å². The molecule has 0 saturated heterocycles. The van der Waals surface area contributed by atoms with E-state index in [9.17, 15) is 0 Å². The highest BCUT2D eigenvalue weighted by atomic mass is 79.9. The predicted molar refractivity (Wildman–Crippen MR) is 75.5 cm³/mol. The van der Waals surface area contributed by atoms with Gasteiger partial charge in [-0.2, -0.15) is 0 Å². The van der Waals surface area contributed by atoms with Crippen LogP contribution >= 0.6 is 27.5 Å². The van der Waals surface area contributed by atoms with Gasteiger partial charge in [-0.05, 0) is 54.2 Å². The summed E-state index contributed by atoms with van der Waals surface area (Å²) in [5, 5.41) is 0. The van der Waals surface area contributed by atoms with Crippen molar-refractivity contribution in [2.24, 2.45) is 0 Å². The average molecular weight is 322 g/mol. The Hall–Kier alpha value is -0.410. The fraction of sp³-hybridized carbons (Fsp3) is 0.538. The Bertz CT molecular complexity index is 356. The van der Waals surface area contributed by atoms with E-state index in [0.29, 0.717) is 19.1 Å². The van der Waals surface area contributed by atoms with Crippen molar-refractivity contribution in [1.82, 2.24) is 0 Å². The van der Waals surface area contributed by atoms with Crippen LogP contribution in [0.15, 0.2) is 16.6 Å². The number of ether oxygens (including phenoxy) is 2. The number of aryl methyl sites for hydroxylation is 1. The molecule has 0 aliphatic carbocycles. The van der Waals surface area contributed by atoms with E-state index in [2.05, 4.69) is 22.0 Å². The lowest BCUT2D eigenvalue weighted by Gasteiger charge is -2.14. The van der Waals surface area contributed by atoms with E-state index in [1.165, 1.54) is 5.56 Å². The summed E-state index contributed by atoms with van der Waals surface area (Å²) >= 11 is 9.24. The minimum Gasteiger partial charge on any atom is -0.493 e. The number of hydrogen-bond acceptors (Lipinski definition) is 2. The van der Waals surface area contributed by atoms with Gasteiger partial charge in [0.05, 0.1) is 17.7 Å². The molecule has 0 aliphatic heterocycles. The largest absolute Gasteiger partial charge is 0.493 e. The van der Waals surface area contributed by atoms with Gasteiger partial charge in [-0.1, -0.05) is 0 Å². The minimum absolute atomic E-state index is 0.644. The first-order valence-electron chi connectivity index (χ1n) is 5.86. The molecule has 0 amide bonds. The van der Waals surface area contributed by atoms with Crippen LogP contribution in [-0.4, -0.2) is 19.1 Å². The quantitative estimate of drug-likeness (QED) is 0.692. The van der Waals surface area contributed by atoms with E-state index in [1.807, 2.05) is 19.9 Å². The highest BCUT2D eigenvalue weighted by Crippen LogP contribution is 2.34. The van der Waals surface area contributed by atoms with Crippen molar-refractivity contribution < 1.29 is 9.47 Å². The van der Waals surface area contributed by atoms with Crippen LogP contribution in [0.2, 0.25) is 0 Å². The van der Waals surface area contributed by atoms with E-state index >= 15 is 0 Å². The molecule has 0 radical (unpaired) electrons. The normalized spacial score (nSPS) is 10.4. The van der Waals surface area contributed by atoms with Crippen LogP contribution in [0, 0.1) is 0 Å². The fourth-order valence-corrected chi connectivity index (χ4v) is 2.22. The molecule has 0 spiro atoms. The molecule has 0 bridgehead atoms. The van der Waals surface area contributed by atoms with Gasteiger partial charge in [0.25, 0.3) is 0 Å². The standard InChI is InChI=1S/C13H18BrClO2/c1-3-16-12-9-13(17-4-2)11(14)8-10(12)6-5-7-15/h8-9H,3-7H2,1-2H3. The number of benzene rings is 1. The molecule has 0 aliphatic rings.